The Balaban J connectivity index is 2.05. The summed E-state index contributed by atoms with van der Waals surface area (Å²) < 4.78 is 15.2. The van der Waals surface area contributed by atoms with E-state index in [1.54, 1.807) is 37.2 Å². The van der Waals surface area contributed by atoms with Gasteiger partial charge in [0.05, 0.1) is 30.4 Å². The number of nitro groups is 1. The second-order valence-electron chi connectivity index (χ2n) is 6.05. The fraction of sp³-hybridized carbons (Fsp3) is 0.263. The van der Waals surface area contributed by atoms with Gasteiger partial charge in [-0.05, 0) is 24.3 Å². The SMILES string of the molecule is COc1ccc(NC(=O)COC(=O)c2ccc(N(C)C)c([N+](=O)[O-])c2)c(OC)c1. The van der Waals surface area contributed by atoms with Crippen LogP contribution in [-0.2, 0) is 9.53 Å². The average molecular weight is 403 g/mol. The Morgan fingerprint density at radius 3 is 2.41 bits per heavy atom. The Labute approximate surface area is 167 Å². The maximum absolute atomic E-state index is 12.2. The Bertz CT molecular complexity index is 928. The number of ether oxygens (including phenoxy) is 3. The maximum atomic E-state index is 12.2. The molecule has 2 aromatic carbocycles. The number of hydrogen-bond donors (Lipinski definition) is 1. The Kier molecular flexibility index (Phi) is 6.96. The molecule has 0 saturated heterocycles. The number of benzene rings is 2. The Hall–Kier alpha value is -3.82. The zero-order valence-corrected chi connectivity index (χ0v) is 16.4. The van der Waals surface area contributed by atoms with Crippen molar-refractivity contribution in [3.63, 3.8) is 0 Å². The number of carbonyl (C=O) groups excluding carboxylic acids is 2. The lowest BCUT2D eigenvalue weighted by atomic mass is 10.1. The molecule has 2 rings (SSSR count). The first-order valence-corrected chi connectivity index (χ1v) is 8.41. The molecule has 0 fully saturated rings. The van der Waals surface area contributed by atoms with Crippen LogP contribution in [0.25, 0.3) is 0 Å². The standard InChI is InChI=1S/C19H21N3O7/c1-21(2)15-8-5-12(9-16(15)22(25)26)19(24)29-11-18(23)20-14-7-6-13(27-3)10-17(14)28-4/h5-10H,11H2,1-4H3,(H,20,23). The van der Waals surface area contributed by atoms with Gasteiger partial charge in [0.2, 0.25) is 0 Å². The fourth-order valence-corrected chi connectivity index (χ4v) is 2.48. The average Bonchev–Trinajstić information content (AvgIpc) is 2.71. The first kappa shape index (κ1) is 21.5. The van der Waals surface area contributed by atoms with E-state index in [1.165, 1.54) is 26.4 Å². The lowest BCUT2D eigenvalue weighted by molar-refractivity contribution is -0.384. The van der Waals surface area contributed by atoms with Gasteiger partial charge >= 0.3 is 5.97 Å². The summed E-state index contributed by atoms with van der Waals surface area (Å²) >= 11 is 0. The van der Waals surface area contributed by atoms with Crippen molar-refractivity contribution in [1.29, 1.82) is 0 Å². The summed E-state index contributed by atoms with van der Waals surface area (Å²) in [5.41, 5.74) is 0.449. The number of anilines is 2. The first-order valence-electron chi connectivity index (χ1n) is 8.41. The van der Waals surface area contributed by atoms with E-state index in [4.69, 9.17) is 14.2 Å². The fourth-order valence-electron chi connectivity index (χ4n) is 2.48. The number of rotatable bonds is 8. The zero-order valence-electron chi connectivity index (χ0n) is 16.4. The molecule has 0 spiro atoms. The smallest absolute Gasteiger partial charge is 0.338 e. The summed E-state index contributed by atoms with van der Waals surface area (Å²) in [5, 5.41) is 13.8. The minimum absolute atomic E-state index is 0.0304. The molecule has 0 unspecified atom stereocenters. The molecule has 0 radical (unpaired) electrons. The molecule has 10 nitrogen and oxygen atoms in total. The van der Waals surface area contributed by atoms with E-state index in [9.17, 15) is 19.7 Å². The van der Waals surface area contributed by atoms with Crippen molar-refractivity contribution >= 4 is 28.9 Å². The highest BCUT2D eigenvalue weighted by Gasteiger charge is 2.20. The summed E-state index contributed by atoms with van der Waals surface area (Å²) in [6, 6.07) is 8.76. The third-order valence-electron chi connectivity index (χ3n) is 3.91. The Morgan fingerprint density at radius 2 is 1.83 bits per heavy atom. The van der Waals surface area contributed by atoms with E-state index < -0.39 is 23.4 Å². The second kappa shape index (κ2) is 9.40. The van der Waals surface area contributed by atoms with Crippen LogP contribution in [0.1, 0.15) is 10.4 Å². The number of methoxy groups -OCH3 is 2. The van der Waals surface area contributed by atoms with Crippen molar-refractivity contribution < 1.29 is 28.7 Å². The van der Waals surface area contributed by atoms with Crippen molar-refractivity contribution in [3.8, 4) is 11.5 Å². The van der Waals surface area contributed by atoms with Gasteiger partial charge in [-0.3, -0.25) is 14.9 Å². The molecule has 0 aliphatic rings. The van der Waals surface area contributed by atoms with Crippen LogP contribution < -0.4 is 19.7 Å². The van der Waals surface area contributed by atoms with Gasteiger partial charge in [-0.1, -0.05) is 0 Å². The van der Waals surface area contributed by atoms with Gasteiger partial charge in [0.1, 0.15) is 17.2 Å². The van der Waals surface area contributed by atoms with E-state index in [2.05, 4.69) is 5.32 Å². The van der Waals surface area contributed by atoms with Gasteiger partial charge < -0.3 is 24.4 Å². The summed E-state index contributed by atoms with van der Waals surface area (Å²) in [4.78, 5) is 36.5. The van der Waals surface area contributed by atoms with Crippen molar-refractivity contribution in [2.24, 2.45) is 0 Å². The number of esters is 1. The van der Waals surface area contributed by atoms with Crippen LogP contribution in [0.15, 0.2) is 36.4 Å². The normalized spacial score (nSPS) is 10.1. The van der Waals surface area contributed by atoms with E-state index >= 15 is 0 Å². The summed E-state index contributed by atoms with van der Waals surface area (Å²) in [5.74, 6) is -0.524. The molecule has 154 valence electrons. The van der Waals surface area contributed by atoms with Crippen LogP contribution in [0.3, 0.4) is 0 Å². The zero-order chi connectivity index (χ0) is 21.6. The number of nitro benzene ring substituents is 1. The molecule has 0 aliphatic heterocycles. The highest BCUT2D eigenvalue weighted by atomic mass is 16.6. The number of carbonyl (C=O) groups is 2. The lowest BCUT2D eigenvalue weighted by Gasteiger charge is -2.13. The molecule has 29 heavy (non-hydrogen) atoms. The molecule has 1 N–H and O–H groups in total. The van der Waals surface area contributed by atoms with Crippen LogP contribution in [0.4, 0.5) is 17.1 Å². The number of nitrogens with zero attached hydrogens (tertiary/aromatic N) is 2. The molecule has 0 aliphatic carbocycles. The number of nitrogens with one attached hydrogen (secondary N) is 1. The summed E-state index contributed by atoms with van der Waals surface area (Å²) in [6.07, 6.45) is 0. The predicted octanol–water partition coefficient (Wildman–Crippen LogP) is 2.47. The molecule has 0 atom stereocenters. The third-order valence-corrected chi connectivity index (χ3v) is 3.91. The minimum atomic E-state index is -0.852. The minimum Gasteiger partial charge on any atom is -0.497 e. The predicted molar refractivity (Wildman–Crippen MR) is 106 cm³/mol. The van der Waals surface area contributed by atoms with Crippen LogP contribution in [0.2, 0.25) is 0 Å². The highest BCUT2D eigenvalue weighted by Crippen LogP contribution is 2.29. The molecular formula is C19H21N3O7. The topological polar surface area (TPSA) is 120 Å². The van der Waals surface area contributed by atoms with Crippen LogP contribution >= 0.6 is 0 Å². The van der Waals surface area contributed by atoms with E-state index in [-0.39, 0.29) is 11.3 Å². The van der Waals surface area contributed by atoms with Gasteiger partial charge in [-0.2, -0.15) is 0 Å². The molecule has 0 aromatic heterocycles. The van der Waals surface area contributed by atoms with Gasteiger partial charge in [-0.15, -0.1) is 0 Å². The van der Waals surface area contributed by atoms with Gasteiger partial charge in [0, 0.05) is 26.2 Å². The molecule has 0 bridgehead atoms. The third kappa shape index (κ3) is 5.34. The lowest BCUT2D eigenvalue weighted by Crippen LogP contribution is -2.21. The molecule has 2 aromatic rings. The van der Waals surface area contributed by atoms with Crippen LogP contribution in [0.5, 0.6) is 11.5 Å². The maximum Gasteiger partial charge on any atom is 0.338 e. The quantitative estimate of drug-likeness (QED) is 0.405. The van der Waals surface area contributed by atoms with E-state index in [0.717, 1.165) is 6.07 Å². The van der Waals surface area contributed by atoms with Crippen molar-refractivity contribution in [2.75, 3.05) is 45.1 Å². The first-order chi connectivity index (χ1) is 13.8. The van der Waals surface area contributed by atoms with Crippen LogP contribution in [-0.4, -0.2) is 51.7 Å². The van der Waals surface area contributed by atoms with Crippen LogP contribution in [0, 0.1) is 10.1 Å². The van der Waals surface area contributed by atoms with E-state index in [1.807, 2.05) is 0 Å². The Morgan fingerprint density at radius 1 is 1.10 bits per heavy atom. The van der Waals surface area contributed by atoms with Crippen molar-refractivity contribution in [1.82, 2.24) is 0 Å². The van der Waals surface area contributed by atoms with Gasteiger partial charge in [0.15, 0.2) is 6.61 Å². The molecular weight excluding hydrogens is 382 g/mol. The molecule has 0 heterocycles. The van der Waals surface area contributed by atoms with E-state index in [0.29, 0.717) is 22.9 Å². The largest absolute Gasteiger partial charge is 0.497 e. The van der Waals surface area contributed by atoms with Gasteiger partial charge in [0.25, 0.3) is 11.6 Å². The van der Waals surface area contributed by atoms with Gasteiger partial charge in [-0.25, -0.2) is 4.79 Å². The highest BCUT2D eigenvalue weighted by molar-refractivity contribution is 5.97. The monoisotopic (exact) mass is 403 g/mol. The summed E-state index contributed by atoms with van der Waals surface area (Å²) in [7, 11) is 6.24. The number of hydrogen-bond acceptors (Lipinski definition) is 8. The van der Waals surface area contributed by atoms with Crippen molar-refractivity contribution in [2.45, 2.75) is 0 Å². The van der Waals surface area contributed by atoms with Crippen molar-refractivity contribution in [3.05, 3.63) is 52.1 Å². The summed E-state index contributed by atoms with van der Waals surface area (Å²) in [6.45, 7) is -0.572. The molecule has 0 saturated carbocycles. The molecule has 10 heteroatoms. The molecule has 1 amide bonds. The second-order valence-corrected chi connectivity index (χ2v) is 6.05. The number of amides is 1.